The minimum absolute atomic E-state index is 0.168. The third-order valence-corrected chi connectivity index (χ3v) is 5.44. The fraction of sp³-hybridized carbons (Fsp3) is 0.316. The van der Waals surface area contributed by atoms with Crippen molar-refractivity contribution >= 4 is 27.5 Å². The van der Waals surface area contributed by atoms with E-state index in [1.165, 1.54) is 16.5 Å². The molecule has 0 aliphatic rings. The molecule has 0 atom stereocenters. The number of nitrogens with zero attached hydrogens (tertiary/aromatic N) is 2. The average molecular weight is 372 g/mol. The van der Waals surface area contributed by atoms with Crippen molar-refractivity contribution < 1.29 is 14.6 Å². The third-order valence-electron chi connectivity index (χ3n) is 4.26. The molecule has 7 heteroatoms. The fourth-order valence-corrected chi connectivity index (χ4v) is 3.75. The summed E-state index contributed by atoms with van der Waals surface area (Å²) >= 11 is 1.03. The zero-order chi connectivity index (χ0) is 18.7. The van der Waals surface area contributed by atoms with E-state index in [4.69, 9.17) is 4.74 Å². The highest BCUT2D eigenvalue weighted by atomic mass is 32.1. The maximum Gasteiger partial charge on any atom is 0.346 e. The summed E-state index contributed by atoms with van der Waals surface area (Å²) in [5, 5.41) is 9.59. The second kappa shape index (κ2) is 7.70. The summed E-state index contributed by atoms with van der Waals surface area (Å²) < 4.78 is 7.21. The molecule has 2 aromatic heterocycles. The Hall–Kier alpha value is -2.67. The number of carboxylic acid groups (broad SMARTS) is 1. The lowest BCUT2D eigenvalue weighted by atomic mass is 10.2. The van der Waals surface area contributed by atoms with Crippen LogP contribution in [0.4, 0.5) is 0 Å². The lowest BCUT2D eigenvalue weighted by Gasteiger charge is -2.08. The van der Waals surface area contributed by atoms with Gasteiger partial charge in [0.15, 0.2) is 0 Å². The Morgan fingerprint density at radius 1 is 1.31 bits per heavy atom. The molecule has 1 aromatic carbocycles. The van der Waals surface area contributed by atoms with Crippen LogP contribution in [0, 0.1) is 6.92 Å². The molecule has 0 fully saturated rings. The van der Waals surface area contributed by atoms with E-state index < -0.39 is 5.97 Å². The van der Waals surface area contributed by atoms with Crippen molar-refractivity contribution in [3.05, 3.63) is 57.0 Å². The van der Waals surface area contributed by atoms with E-state index >= 15 is 0 Å². The normalized spacial score (nSPS) is 11.0. The van der Waals surface area contributed by atoms with Gasteiger partial charge in [-0.05, 0) is 43.0 Å². The minimum atomic E-state index is -1.03. The lowest BCUT2D eigenvalue weighted by molar-refractivity contribution is 0.0701. The Labute approximate surface area is 154 Å². The zero-order valence-electron chi connectivity index (χ0n) is 14.7. The van der Waals surface area contributed by atoms with E-state index in [1.807, 2.05) is 24.3 Å². The highest BCUT2D eigenvalue weighted by Crippen LogP contribution is 2.26. The molecule has 3 aromatic rings. The zero-order valence-corrected chi connectivity index (χ0v) is 15.5. The smallest absolute Gasteiger partial charge is 0.346 e. The van der Waals surface area contributed by atoms with Crippen LogP contribution < -0.4 is 10.3 Å². The molecule has 26 heavy (non-hydrogen) atoms. The standard InChI is InChI=1S/C19H20N2O4S/c1-3-13-5-7-14(8-6-13)25-10-4-9-21-11-20-17-15(18(21)22)12(2)16(26-17)19(23)24/h5-8,11H,3-4,9-10H2,1-2H3,(H,23,24). The topological polar surface area (TPSA) is 81.4 Å². The number of hydrogen-bond acceptors (Lipinski definition) is 5. The number of aromatic nitrogens is 2. The summed E-state index contributed by atoms with van der Waals surface area (Å²) in [6, 6.07) is 7.97. The second-order valence-corrected chi connectivity index (χ2v) is 6.98. The van der Waals surface area contributed by atoms with Gasteiger partial charge in [-0.1, -0.05) is 19.1 Å². The Morgan fingerprint density at radius 2 is 2.04 bits per heavy atom. The van der Waals surface area contributed by atoms with Gasteiger partial charge in [0.25, 0.3) is 5.56 Å². The summed E-state index contributed by atoms with van der Waals surface area (Å²) in [7, 11) is 0. The molecule has 1 N–H and O–H groups in total. The van der Waals surface area contributed by atoms with E-state index in [0.29, 0.717) is 35.4 Å². The molecule has 3 rings (SSSR count). The first-order valence-electron chi connectivity index (χ1n) is 8.44. The Bertz CT molecular complexity index is 989. The largest absolute Gasteiger partial charge is 0.494 e. The highest BCUT2D eigenvalue weighted by molar-refractivity contribution is 7.20. The molecular weight excluding hydrogens is 352 g/mol. The van der Waals surface area contributed by atoms with E-state index in [-0.39, 0.29) is 10.4 Å². The molecule has 0 saturated carbocycles. The molecule has 0 bridgehead atoms. The average Bonchev–Trinajstić information content (AvgIpc) is 2.98. The number of thiophene rings is 1. The second-order valence-electron chi connectivity index (χ2n) is 5.98. The van der Waals surface area contributed by atoms with Crippen molar-refractivity contribution in [1.29, 1.82) is 0 Å². The quantitative estimate of drug-likeness (QED) is 0.642. The van der Waals surface area contributed by atoms with E-state index in [1.54, 1.807) is 6.92 Å². The summed E-state index contributed by atoms with van der Waals surface area (Å²) in [5.74, 6) is -0.221. The van der Waals surface area contributed by atoms with Crippen molar-refractivity contribution in [2.45, 2.75) is 33.2 Å². The molecule has 2 heterocycles. The summed E-state index contributed by atoms with van der Waals surface area (Å²) in [5.41, 5.74) is 1.54. The van der Waals surface area contributed by atoms with Gasteiger partial charge in [-0.2, -0.15) is 0 Å². The molecule has 6 nitrogen and oxygen atoms in total. The van der Waals surface area contributed by atoms with E-state index in [2.05, 4.69) is 11.9 Å². The minimum Gasteiger partial charge on any atom is -0.494 e. The number of carbonyl (C=O) groups is 1. The number of fused-ring (bicyclic) bond motifs is 1. The van der Waals surface area contributed by atoms with Crippen molar-refractivity contribution in [3.63, 3.8) is 0 Å². The first kappa shape index (κ1) is 18.1. The third kappa shape index (κ3) is 3.62. The van der Waals surface area contributed by atoms with E-state index in [9.17, 15) is 14.7 Å². The van der Waals surface area contributed by atoms with Gasteiger partial charge in [-0.3, -0.25) is 9.36 Å². The van der Waals surface area contributed by atoms with Crippen LogP contribution in [0.15, 0.2) is 35.4 Å². The van der Waals surface area contributed by atoms with Gasteiger partial charge in [0.1, 0.15) is 15.5 Å². The van der Waals surface area contributed by atoms with Crippen molar-refractivity contribution in [2.24, 2.45) is 0 Å². The summed E-state index contributed by atoms with van der Waals surface area (Å²) in [4.78, 5) is 28.7. The van der Waals surface area contributed by atoms with Crippen LogP contribution in [0.5, 0.6) is 5.75 Å². The van der Waals surface area contributed by atoms with Crippen LogP contribution >= 0.6 is 11.3 Å². The maximum absolute atomic E-state index is 12.6. The van der Waals surface area contributed by atoms with Gasteiger partial charge >= 0.3 is 5.97 Å². The highest BCUT2D eigenvalue weighted by Gasteiger charge is 2.18. The number of hydrogen-bond donors (Lipinski definition) is 1. The number of benzene rings is 1. The SMILES string of the molecule is CCc1ccc(OCCCn2cnc3sc(C(=O)O)c(C)c3c2=O)cc1. The molecule has 0 aliphatic carbocycles. The first-order valence-corrected chi connectivity index (χ1v) is 9.26. The molecule has 0 spiro atoms. The number of carboxylic acids is 1. The predicted molar refractivity (Wildman–Crippen MR) is 102 cm³/mol. The van der Waals surface area contributed by atoms with Crippen molar-refractivity contribution in [2.75, 3.05) is 6.61 Å². The van der Waals surface area contributed by atoms with Crippen molar-refractivity contribution in [1.82, 2.24) is 9.55 Å². The molecule has 0 aliphatic heterocycles. The Balaban J connectivity index is 1.67. The molecule has 0 unspecified atom stereocenters. The van der Waals surface area contributed by atoms with Gasteiger partial charge < -0.3 is 9.84 Å². The van der Waals surface area contributed by atoms with Gasteiger partial charge in [-0.25, -0.2) is 9.78 Å². The molecule has 136 valence electrons. The fourth-order valence-electron chi connectivity index (χ4n) is 2.77. The monoisotopic (exact) mass is 372 g/mol. The maximum atomic E-state index is 12.6. The van der Waals surface area contributed by atoms with Gasteiger partial charge in [0.2, 0.25) is 0 Å². The number of aromatic carboxylic acids is 1. The summed E-state index contributed by atoms with van der Waals surface area (Å²) in [6.07, 6.45) is 3.12. The van der Waals surface area contributed by atoms with Gasteiger partial charge in [0, 0.05) is 6.54 Å². The molecule has 0 amide bonds. The summed E-state index contributed by atoms with van der Waals surface area (Å²) in [6.45, 7) is 4.71. The van der Waals surface area contributed by atoms with Gasteiger partial charge in [-0.15, -0.1) is 11.3 Å². The first-order chi connectivity index (χ1) is 12.5. The molecular formula is C19H20N2O4S. The van der Waals surface area contributed by atoms with Crippen LogP contribution in [0.3, 0.4) is 0 Å². The van der Waals surface area contributed by atoms with Crippen LogP contribution in [-0.2, 0) is 13.0 Å². The number of ether oxygens (including phenoxy) is 1. The van der Waals surface area contributed by atoms with Crippen LogP contribution in [0.2, 0.25) is 0 Å². The predicted octanol–water partition coefficient (Wildman–Crippen LogP) is 3.50. The Morgan fingerprint density at radius 3 is 2.69 bits per heavy atom. The van der Waals surface area contributed by atoms with Crippen LogP contribution in [0.25, 0.3) is 10.2 Å². The van der Waals surface area contributed by atoms with Crippen LogP contribution in [-0.4, -0.2) is 27.2 Å². The molecule has 0 radical (unpaired) electrons. The molecule has 0 saturated heterocycles. The van der Waals surface area contributed by atoms with Crippen molar-refractivity contribution in [3.8, 4) is 5.75 Å². The van der Waals surface area contributed by atoms with Gasteiger partial charge in [0.05, 0.1) is 18.3 Å². The van der Waals surface area contributed by atoms with E-state index in [0.717, 1.165) is 23.5 Å². The van der Waals surface area contributed by atoms with Crippen LogP contribution in [0.1, 0.15) is 34.1 Å². The lowest BCUT2D eigenvalue weighted by Crippen LogP contribution is -2.21. The number of rotatable bonds is 7. The number of aryl methyl sites for hydroxylation is 3. The Kier molecular flexibility index (Phi) is 5.37.